The van der Waals surface area contributed by atoms with Crippen LogP contribution >= 0.6 is 0 Å². The molecular weight excluding hydrogens is 258 g/mol. The van der Waals surface area contributed by atoms with Crippen molar-refractivity contribution in [3.05, 3.63) is 35.4 Å². The standard InChI is InChI=1S/C14H19N3O3/c15-12-5-6-17(9-12)14(20)16-8-11-4-2-1-3-10(11)7-13(18)19/h1-4,12H,5-9,15H2,(H,16,20)(H,18,19). The van der Waals surface area contributed by atoms with E-state index in [1.54, 1.807) is 17.0 Å². The van der Waals surface area contributed by atoms with Gasteiger partial charge in [-0.25, -0.2) is 4.79 Å². The minimum atomic E-state index is -0.880. The van der Waals surface area contributed by atoms with E-state index in [-0.39, 0.29) is 18.5 Å². The van der Waals surface area contributed by atoms with Gasteiger partial charge in [0.2, 0.25) is 0 Å². The zero-order chi connectivity index (χ0) is 14.5. The Balaban J connectivity index is 1.93. The SMILES string of the molecule is NC1CCN(C(=O)NCc2ccccc2CC(=O)O)C1. The molecule has 2 rings (SSSR count). The zero-order valence-electron chi connectivity index (χ0n) is 11.2. The first-order valence-corrected chi connectivity index (χ1v) is 6.63. The maximum atomic E-state index is 11.9. The fourth-order valence-corrected chi connectivity index (χ4v) is 2.32. The summed E-state index contributed by atoms with van der Waals surface area (Å²) in [4.78, 5) is 24.4. The molecule has 4 N–H and O–H groups in total. The number of carbonyl (C=O) groups excluding carboxylic acids is 1. The highest BCUT2D eigenvalue weighted by molar-refractivity contribution is 5.75. The molecule has 1 fully saturated rings. The van der Waals surface area contributed by atoms with E-state index in [0.29, 0.717) is 19.6 Å². The van der Waals surface area contributed by atoms with E-state index in [2.05, 4.69) is 5.32 Å². The van der Waals surface area contributed by atoms with Gasteiger partial charge in [0.05, 0.1) is 6.42 Å². The highest BCUT2D eigenvalue weighted by atomic mass is 16.4. The van der Waals surface area contributed by atoms with Crippen LogP contribution in [0.4, 0.5) is 4.79 Å². The normalized spacial score (nSPS) is 18.1. The van der Waals surface area contributed by atoms with Gasteiger partial charge in [-0.3, -0.25) is 4.79 Å². The van der Waals surface area contributed by atoms with Gasteiger partial charge in [0, 0.05) is 25.7 Å². The van der Waals surface area contributed by atoms with Crippen LogP contribution in [0.5, 0.6) is 0 Å². The molecule has 0 spiro atoms. The van der Waals surface area contributed by atoms with Crippen LogP contribution in [0, 0.1) is 0 Å². The molecule has 1 saturated heterocycles. The number of nitrogens with one attached hydrogen (secondary N) is 1. The lowest BCUT2D eigenvalue weighted by Gasteiger charge is -2.17. The first-order chi connectivity index (χ1) is 9.56. The van der Waals surface area contributed by atoms with Gasteiger partial charge < -0.3 is 21.1 Å². The molecule has 0 bridgehead atoms. The lowest BCUT2D eigenvalue weighted by molar-refractivity contribution is -0.136. The number of aliphatic carboxylic acids is 1. The number of likely N-dealkylation sites (tertiary alicyclic amines) is 1. The fraction of sp³-hybridized carbons (Fsp3) is 0.429. The van der Waals surface area contributed by atoms with Crippen molar-refractivity contribution in [3.8, 4) is 0 Å². The molecule has 1 aliphatic rings. The number of nitrogens with zero attached hydrogens (tertiary/aromatic N) is 1. The maximum Gasteiger partial charge on any atom is 0.317 e. The van der Waals surface area contributed by atoms with E-state index in [0.717, 1.165) is 17.5 Å². The summed E-state index contributed by atoms with van der Waals surface area (Å²) < 4.78 is 0. The van der Waals surface area contributed by atoms with Gasteiger partial charge in [0.15, 0.2) is 0 Å². The summed E-state index contributed by atoms with van der Waals surface area (Å²) >= 11 is 0. The predicted molar refractivity (Wildman–Crippen MR) is 74.2 cm³/mol. The summed E-state index contributed by atoms with van der Waals surface area (Å²) in [5.41, 5.74) is 7.31. The molecule has 6 heteroatoms. The third kappa shape index (κ3) is 3.71. The van der Waals surface area contributed by atoms with Crippen LogP contribution in [-0.4, -0.2) is 41.1 Å². The number of urea groups is 1. The summed E-state index contributed by atoms with van der Waals surface area (Å²) in [6.07, 6.45) is 0.781. The van der Waals surface area contributed by atoms with Crippen molar-refractivity contribution in [3.63, 3.8) is 0 Å². The van der Waals surface area contributed by atoms with E-state index < -0.39 is 5.97 Å². The topological polar surface area (TPSA) is 95.7 Å². The number of carboxylic acid groups (broad SMARTS) is 1. The van der Waals surface area contributed by atoms with Crippen molar-refractivity contribution in [1.82, 2.24) is 10.2 Å². The largest absolute Gasteiger partial charge is 0.481 e. The van der Waals surface area contributed by atoms with Crippen LogP contribution < -0.4 is 11.1 Å². The molecule has 2 amide bonds. The Kier molecular flexibility index (Phi) is 4.57. The van der Waals surface area contributed by atoms with Crippen molar-refractivity contribution in [2.24, 2.45) is 5.73 Å². The van der Waals surface area contributed by atoms with Crippen LogP contribution in [0.15, 0.2) is 24.3 Å². The van der Waals surface area contributed by atoms with Gasteiger partial charge in [-0.1, -0.05) is 24.3 Å². The maximum absolute atomic E-state index is 11.9. The van der Waals surface area contributed by atoms with Gasteiger partial charge in [0.25, 0.3) is 0 Å². The number of hydrogen-bond acceptors (Lipinski definition) is 3. The Labute approximate surface area is 117 Å². The predicted octanol–water partition coefficient (Wildman–Crippen LogP) is 0.556. The molecule has 1 aliphatic heterocycles. The molecule has 0 saturated carbocycles. The van der Waals surface area contributed by atoms with Crippen LogP contribution in [0.25, 0.3) is 0 Å². The van der Waals surface area contributed by atoms with E-state index in [4.69, 9.17) is 10.8 Å². The van der Waals surface area contributed by atoms with E-state index >= 15 is 0 Å². The van der Waals surface area contributed by atoms with Crippen LogP contribution in [-0.2, 0) is 17.8 Å². The summed E-state index contributed by atoms with van der Waals surface area (Å²) in [5.74, 6) is -0.880. The quantitative estimate of drug-likeness (QED) is 0.749. The van der Waals surface area contributed by atoms with Crippen molar-refractivity contribution in [1.29, 1.82) is 0 Å². The Bertz CT molecular complexity index is 504. The molecule has 20 heavy (non-hydrogen) atoms. The number of hydrogen-bond donors (Lipinski definition) is 3. The Hall–Kier alpha value is -2.08. The minimum Gasteiger partial charge on any atom is -0.481 e. The van der Waals surface area contributed by atoms with Crippen LogP contribution in [0.2, 0.25) is 0 Å². The Morgan fingerprint density at radius 1 is 1.35 bits per heavy atom. The molecule has 1 heterocycles. The highest BCUT2D eigenvalue weighted by Gasteiger charge is 2.23. The summed E-state index contributed by atoms with van der Waals surface area (Å²) in [7, 11) is 0. The molecular formula is C14H19N3O3. The second-order valence-corrected chi connectivity index (χ2v) is 4.99. The summed E-state index contributed by atoms with van der Waals surface area (Å²) in [6.45, 7) is 1.57. The fourth-order valence-electron chi connectivity index (χ4n) is 2.32. The van der Waals surface area contributed by atoms with Crippen molar-refractivity contribution in [2.45, 2.75) is 25.4 Å². The first-order valence-electron chi connectivity index (χ1n) is 6.63. The Morgan fingerprint density at radius 2 is 2.05 bits per heavy atom. The lowest BCUT2D eigenvalue weighted by Crippen LogP contribution is -2.39. The molecule has 6 nitrogen and oxygen atoms in total. The molecule has 1 aromatic carbocycles. The number of carbonyl (C=O) groups is 2. The molecule has 0 aromatic heterocycles. The number of benzene rings is 1. The van der Waals surface area contributed by atoms with Gasteiger partial charge in [0.1, 0.15) is 0 Å². The average Bonchev–Trinajstić information content (AvgIpc) is 2.83. The van der Waals surface area contributed by atoms with E-state index in [1.807, 2.05) is 12.1 Å². The first kappa shape index (κ1) is 14.3. The molecule has 1 unspecified atom stereocenters. The summed E-state index contributed by atoms with van der Waals surface area (Å²) in [6, 6.07) is 7.13. The number of rotatable bonds is 4. The molecule has 108 valence electrons. The molecule has 1 aromatic rings. The van der Waals surface area contributed by atoms with Crippen LogP contribution in [0.3, 0.4) is 0 Å². The number of carboxylic acids is 1. The molecule has 0 radical (unpaired) electrons. The monoisotopic (exact) mass is 277 g/mol. The summed E-state index contributed by atoms with van der Waals surface area (Å²) in [5, 5.41) is 11.7. The minimum absolute atomic E-state index is 0.0410. The Morgan fingerprint density at radius 3 is 2.65 bits per heavy atom. The third-order valence-electron chi connectivity index (χ3n) is 3.40. The van der Waals surface area contributed by atoms with Gasteiger partial charge in [-0.2, -0.15) is 0 Å². The zero-order valence-corrected chi connectivity index (χ0v) is 11.2. The van der Waals surface area contributed by atoms with Gasteiger partial charge >= 0.3 is 12.0 Å². The van der Waals surface area contributed by atoms with Crippen molar-refractivity contribution >= 4 is 12.0 Å². The van der Waals surface area contributed by atoms with E-state index in [9.17, 15) is 9.59 Å². The smallest absolute Gasteiger partial charge is 0.317 e. The average molecular weight is 277 g/mol. The van der Waals surface area contributed by atoms with Crippen LogP contribution in [0.1, 0.15) is 17.5 Å². The van der Waals surface area contributed by atoms with E-state index in [1.165, 1.54) is 0 Å². The lowest BCUT2D eigenvalue weighted by atomic mass is 10.0. The second kappa shape index (κ2) is 6.38. The second-order valence-electron chi connectivity index (χ2n) is 4.99. The number of amides is 2. The van der Waals surface area contributed by atoms with Gasteiger partial charge in [-0.15, -0.1) is 0 Å². The highest BCUT2D eigenvalue weighted by Crippen LogP contribution is 2.11. The third-order valence-corrected chi connectivity index (χ3v) is 3.40. The number of nitrogens with two attached hydrogens (primary N) is 1. The molecule has 1 atom stereocenters. The van der Waals surface area contributed by atoms with Crippen molar-refractivity contribution < 1.29 is 14.7 Å². The van der Waals surface area contributed by atoms with Crippen molar-refractivity contribution in [2.75, 3.05) is 13.1 Å². The molecule has 0 aliphatic carbocycles. The van der Waals surface area contributed by atoms with Gasteiger partial charge in [-0.05, 0) is 17.5 Å².